The Morgan fingerprint density at radius 2 is 2.17 bits per heavy atom. The predicted molar refractivity (Wildman–Crippen MR) is 91.2 cm³/mol. The zero-order chi connectivity index (χ0) is 17.5. The molecule has 3 rings (SSSR count). The fourth-order valence-corrected chi connectivity index (χ4v) is 3.34. The minimum absolute atomic E-state index is 0.0147. The lowest BCUT2D eigenvalue weighted by Crippen LogP contribution is -2.33. The van der Waals surface area contributed by atoms with E-state index in [0.29, 0.717) is 12.2 Å². The van der Waals surface area contributed by atoms with Gasteiger partial charge in [0.2, 0.25) is 5.91 Å². The van der Waals surface area contributed by atoms with Crippen molar-refractivity contribution in [3.8, 4) is 11.3 Å². The van der Waals surface area contributed by atoms with Crippen LogP contribution >= 0.6 is 0 Å². The van der Waals surface area contributed by atoms with Crippen molar-refractivity contribution >= 4 is 5.91 Å². The molecule has 1 unspecified atom stereocenters. The van der Waals surface area contributed by atoms with Crippen LogP contribution in [0.1, 0.15) is 57.5 Å². The molecule has 24 heavy (non-hydrogen) atoms. The summed E-state index contributed by atoms with van der Waals surface area (Å²) in [5, 5.41) is 8.62. The molecule has 0 saturated carbocycles. The van der Waals surface area contributed by atoms with Crippen molar-refractivity contribution in [1.29, 1.82) is 0 Å². The summed E-state index contributed by atoms with van der Waals surface area (Å²) in [6.45, 7) is 8.99. The van der Waals surface area contributed by atoms with Gasteiger partial charge in [-0.2, -0.15) is 5.10 Å². The van der Waals surface area contributed by atoms with Crippen LogP contribution in [0.2, 0.25) is 0 Å². The third kappa shape index (κ3) is 3.37. The average molecular weight is 330 g/mol. The molecule has 2 aromatic rings. The topological polar surface area (TPSA) is 64.2 Å². The molecule has 6 heteroatoms. The second-order valence-electron chi connectivity index (χ2n) is 7.92. The number of carbonyl (C=O) groups excluding carboxylic acids is 1. The molecule has 1 amide bonds. The molecule has 1 saturated heterocycles. The lowest BCUT2D eigenvalue weighted by molar-refractivity contribution is -0.134. The number of nitrogens with zero attached hydrogens (tertiary/aromatic N) is 4. The predicted octanol–water partition coefficient (Wildman–Crippen LogP) is 3.48. The van der Waals surface area contributed by atoms with E-state index in [2.05, 4.69) is 31.0 Å². The van der Waals surface area contributed by atoms with Gasteiger partial charge in [0.1, 0.15) is 0 Å². The number of hydrogen-bond acceptors (Lipinski definition) is 4. The molecule has 0 N–H and O–H groups in total. The zero-order valence-corrected chi connectivity index (χ0v) is 15.2. The van der Waals surface area contributed by atoms with Crippen LogP contribution < -0.4 is 0 Å². The highest BCUT2D eigenvalue weighted by molar-refractivity contribution is 5.78. The van der Waals surface area contributed by atoms with Crippen molar-refractivity contribution in [2.75, 3.05) is 6.54 Å². The third-order valence-corrected chi connectivity index (χ3v) is 4.32. The first-order valence-corrected chi connectivity index (χ1v) is 8.51. The van der Waals surface area contributed by atoms with E-state index in [1.54, 1.807) is 4.68 Å². The van der Waals surface area contributed by atoms with E-state index in [4.69, 9.17) is 4.52 Å². The summed E-state index contributed by atoms with van der Waals surface area (Å²) in [7, 11) is 1.90. The van der Waals surface area contributed by atoms with Crippen LogP contribution in [0.5, 0.6) is 0 Å². The standard InChI is InChI=1S/C18H26N4O2/c1-12-9-15(24-20-12)13-11-21(5)19-17(13)14-7-6-8-22(14)16(23)10-18(2,3)4/h9,11,14H,6-8,10H2,1-5H3. The molecule has 3 heterocycles. The highest BCUT2D eigenvalue weighted by Gasteiger charge is 2.35. The molecule has 1 aliphatic heterocycles. The van der Waals surface area contributed by atoms with Crippen molar-refractivity contribution in [2.24, 2.45) is 12.5 Å². The maximum absolute atomic E-state index is 12.8. The van der Waals surface area contributed by atoms with Gasteiger partial charge >= 0.3 is 0 Å². The van der Waals surface area contributed by atoms with Crippen molar-refractivity contribution in [3.63, 3.8) is 0 Å². The van der Waals surface area contributed by atoms with Crippen molar-refractivity contribution < 1.29 is 9.32 Å². The molecule has 0 radical (unpaired) electrons. The van der Waals surface area contributed by atoms with Crippen LogP contribution in [0.15, 0.2) is 16.8 Å². The Bertz CT molecular complexity index is 739. The summed E-state index contributed by atoms with van der Waals surface area (Å²) in [5.41, 5.74) is 2.66. The molecule has 0 bridgehead atoms. The maximum atomic E-state index is 12.8. The number of likely N-dealkylation sites (tertiary alicyclic amines) is 1. The first-order valence-electron chi connectivity index (χ1n) is 8.51. The lowest BCUT2D eigenvalue weighted by atomic mass is 9.91. The van der Waals surface area contributed by atoms with E-state index in [9.17, 15) is 4.79 Å². The second kappa shape index (κ2) is 6.07. The number of aryl methyl sites for hydroxylation is 2. The van der Waals surface area contributed by atoms with Gasteiger partial charge in [-0.3, -0.25) is 9.48 Å². The van der Waals surface area contributed by atoms with Crippen molar-refractivity contribution in [1.82, 2.24) is 19.8 Å². The maximum Gasteiger partial charge on any atom is 0.223 e. The largest absolute Gasteiger partial charge is 0.356 e. The quantitative estimate of drug-likeness (QED) is 0.864. The van der Waals surface area contributed by atoms with Crippen molar-refractivity contribution in [2.45, 2.75) is 53.0 Å². The normalized spacial score (nSPS) is 18.4. The molecule has 1 aliphatic rings. The zero-order valence-electron chi connectivity index (χ0n) is 15.2. The highest BCUT2D eigenvalue weighted by Crippen LogP contribution is 2.38. The van der Waals surface area contributed by atoms with Gasteiger partial charge in [0.15, 0.2) is 5.76 Å². The second-order valence-corrected chi connectivity index (χ2v) is 7.92. The van der Waals surface area contributed by atoms with Crippen LogP contribution in [0.4, 0.5) is 0 Å². The van der Waals surface area contributed by atoms with Gasteiger partial charge in [-0.05, 0) is 25.2 Å². The lowest BCUT2D eigenvalue weighted by Gasteiger charge is -2.27. The molecule has 0 aromatic carbocycles. The third-order valence-electron chi connectivity index (χ3n) is 4.32. The van der Waals surface area contributed by atoms with Crippen LogP contribution in [0.25, 0.3) is 11.3 Å². The Labute approximate surface area is 142 Å². The Kier molecular flexibility index (Phi) is 4.24. The fourth-order valence-electron chi connectivity index (χ4n) is 3.34. The summed E-state index contributed by atoms with van der Waals surface area (Å²) < 4.78 is 7.22. The molecule has 0 spiro atoms. The smallest absolute Gasteiger partial charge is 0.223 e. The van der Waals surface area contributed by atoms with Crippen LogP contribution in [-0.2, 0) is 11.8 Å². The van der Waals surface area contributed by atoms with Gasteiger partial charge in [0.05, 0.1) is 23.0 Å². The van der Waals surface area contributed by atoms with Crippen molar-refractivity contribution in [3.05, 3.63) is 23.7 Å². The number of carbonyl (C=O) groups is 1. The van der Waals surface area contributed by atoms with E-state index in [1.165, 1.54) is 0 Å². The van der Waals surface area contributed by atoms with Crippen LogP contribution in [-0.4, -0.2) is 32.3 Å². The Morgan fingerprint density at radius 1 is 1.42 bits per heavy atom. The van der Waals surface area contributed by atoms with Gasteiger partial charge in [-0.15, -0.1) is 0 Å². The monoisotopic (exact) mass is 330 g/mol. The summed E-state index contributed by atoms with van der Waals surface area (Å²) in [6, 6.07) is 1.93. The molecule has 6 nitrogen and oxygen atoms in total. The first kappa shape index (κ1) is 16.7. The van der Waals surface area contributed by atoms with E-state index in [-0.39, 0.29) is 17.4 Å². The van der Waals surface area contributed by atoms with Gasteiger partial charge in [0, 0.05) is 32.3 Å². The number of amides is 1. The van der Waals surface area contributed by atoms with Gasteiger partial charge in [0.25, 0.3) is 0 Å². The van der Waals surface area contributed by atoms with Gasteiger partial charge in [-0.1, -0.05) is 25.9 Å². The summed E-state index contributed by atoms with van der Waals surface area (Å²) in [6.07, 6.45) is 4.44. The summed E-state index contributed by atoms with van der Waals surface area (Å²) in [5.74, 6) is 0.918. The molecule has 1 fully saturated rings. The Balaban J connectivity index is 1.92. The minimum Gasteiger partial charge on any atom is -0.356 e. The molecular formula is C18H26N4O2. The van der Waals surface area contributed by atoms with E-state index >= 15 is 0 Å². The van der Waals surface area contributed by atoms with Gasteiger partial charge in [-0.25, -0.2) is 0 Å². The number of aromatic nitrogens is 3. The minimum atomic E-state index is -0.0147. The molecule has 130 valence electrons. The SMILES string of the molecule is Cc1cc(-c2cn(C)nc2C2CCCN2C(=O)CC(C)(C)C)on1. The van der Waals surface area contributed by atoms with E-state index < -0.39 is 0 Å². The van der Waals surface area contributed by atoms with Crippen LogP contribution in [0, 0.1) is 12.3 Å². The van der Waals surface area contributed by atoms with E-state index in [0.717, 1.165) is 36.3 Å². The average Bonchev–Trinajstić information content (AvgIpc) is 3.14. The summed E-state index contributed by atoms with van der Waals surface area (Å²) in [4.78, 5) is 14.7. The fraction of sp³-hybridized carbons (Fsp3) is 0.611. The summed E-state index contributed by atoms with van der Waals surface area (Å²) >= 11 is 0. The number of rotatable bonds is 3. The van der Waals surface area contributed by atoms with Gasteiger partial charge < -0.3 is 9.42 Å². The first-order chi connectivity index (χ1) is 11.2. The van der Waals surface area contributed by atoms with Crippen LogP contribution in [0.3, 0.4) is 0 Å². The highest BCUT2D eigenvalue weighted by atomic mass is 16.5. The van der Waals surface area contributed by atoms with E-state index in [1.807, 2.05) is 31.1 Å². The molecule has 1 atom stereocenters. The molecular weight excluding hydrogens is 304 g/mol. The molecule has 2 aromatic heterocycles. The molecule has 0 aliphatic carbocycles. The number of hydrogen-bond donors (Lipinski definition) is 0. The Hall–Kier alpha value is -2.11. The Morgan fingerprint density at radius 3 is 2.79 bits per heavy atom.